The average molecular weight is 360 g/mol. The van der Waals surface area contributed by atoms with E-state index in [0.717, 1.165) is 0 Å². The van der Waals surface area contributed by atoms with Crippen molar-refractivity contribution >= 4 is 23.9 Å². The average Bonchev–Trinajstić information content (AvgIpc) is 3.23. The van der Waals surface area contributed by atoms with E-state index in [1.807, 2.05) is 0 Å². The van der Waals surface area contributed by atoms with Gasteiger partial charge in [0.05, 0.1) is 23.1 Å². The van der Waals surface area contributed by atoms with Gasteiger partial charge >= 0.3 is 12.1 Å². The van der Waals surface area contributed by atoms with Crippen LogP contribution in [0.5, 0.6) is 0 Å². The Morgan fingerprint density at radius 3 is 2.12 bits per heavy atom. The SMILES string of the molecule is CC(C)(C)OC(=O)NC1(CC(=O)ON2C(=O)c3ccccc3C2=O)CC1. The number of hydrogen-bond donors (Lipinski definition) is 1. The molecule has 0 saturated heterocycles. The van der Waals surface area contributed by atoms with Gasteiger partial charge in [0.25, 0.3) is 11.8 Å². The van der Waals surface area contributed by atoms with Gasteiger partial charge in [0.15, 0.2) is 0 Å². The Labute approximate surface area is 150 Å². The molecule has 1 aliphatic carbocycles. The highest BCUT2D eigenvalue weighted by molar-refractivity contribution is 6.20. The van der Waals surface area contributed by atoms with Crippen molar-refractivity contribution in [2.75, 3.05) is 0 Å². The highest BCUT2D eigenvalue weighted by Gasteiger charge is 2.48. The number of carbonyl (C=O) groups excluding carboxylic acids is 4. The molecule has 1 saturated carbocycles. The predicted molar refractivity (Wildman–Crippen MR) is 89.0 cm³/mol. The van der Waals surface area contributed by atoms with Crippen LogP contribution in [0.1, 0.15) is 60.7 Å². The first kappa shape index (κ1) is 17.9. The van der Waals surface area contributed by atoms with Gasteiger partial charge in [-0.3, -0.25) is 9.59 Å². The molecular formula is C18H20N2O6. The molecular weight excluding hydrogens is 340 g/mol. The maximum absolute atomic E-state index is 12.2. The summed E-state index contributed by atoms with van der Waals surface area (Å²) < 4.78 is 5.18. The van der Waals surface area contributed by atoms with Crippen LogP contribution in [0.25, 0.3) is 0 Å². The van der Waals surface area contributed by atoms with Crippen LogP contribution in [0.15, 0.2) is 24.3 Å². The van der Waals surface area contributed by atoms with Crippen molar-refractivity contribution in [2.24, 2.45) is 0 Å². The van der Waals surface area contributed by atoms with Crippen LogP contribution in [0.4, 0.5) is 4.79 Å². The number of hydroxylamine groups is 2. The van der Waals surface area contributed by atoms with Gasteiger partial charge in [0, 0.05) is 0 Å². The molecule has 26 heavy (non-hydrogen) atoms. The van der Waals surface area contributed by atoms with Gasteiger partial charge in [-0.1, -0.05) is 17.2 Å². The third-order valence-electron chi connectivity index (χ3n) is 4.05. The molecule has 0 aromatic heterocycles. The predicted octanol–water partition coefficient (Wildman–Crippen LogP) is 2.19. The highest BCUT2D eigenvalue weighted by atomic mass is 16.7. The van der Waals surface area contributed by atoms with Crippen molar-refractivity contribution in [3.63, 3.8) is 0 Å². The molecule has 8 heteroatoms. The van der Waals surface area contributed by atoms with E-state index in [1.54, 1.807) is 32.9 Å². The monoisotopic (exact) mass is 360 g/mol. The molecule has 1 heterocycles. The standard InChI is InChI=1S/C18H20N2O6/c1-17(2,3)25-16(24)19-18(8-9-18)10-13(21)26-20-14(22)11-6-4-5-7-12(11)15(20)23/h4-7H,8-10H2,1-3H3,(H,19,24). The Bertz CT molecular complexity index is 756. The van der Waals surface area contributed by atoms with E-state index in [0.29, 0.717) is 17.9 Å². The highest BCUT2D eigenvalue weighted by Crippen LogP contribution is 2.39. The van der Waals surface area contributed by atoms with Gasteiger partial charge < -0.3 is 14.9 Å². The Morgan fingerprint density at radius 1 is 1.12 bits per heavy atom. The first-order chi connectivity index (χ1) is 12.1. The van der Waals surface area contributed by atoms with E-state index >= 15 is 0 Å². The molecule has 1 aromatic rings. The van der Waals surface area contributed by atoms with Crippen LogP contribution in [-0.4, -0.2) is 40.1 Å². The third-order valence-corrected chi connectivity index (χ3v) is 4.05. The summed E-state index contributed by atoms with van der Waals surface area (Å²) >= 11 is 0. The number of amides is 3. The van der Waals surface area contributed by atoms with E-state index in [4.69, 9.17) is 9.57 Å². The van der Waals surface area contributed by atoms with Gasteiger partial charge in [0.2, 0.25) is 0 Å². The number of fused-ring (bicyclic) bond motifs is 1. The van der Waals surface area contributed by atoms with Crippen molar-refractivity contribution in [3.05, 3.63) is 35.4 Å². The number of alkyl carbamates (subject to hydrolysis) is 1. The van der Waals surface area contributed by atoms with E-state index in [9.17, 15) is 19.2 Å². The molecule has 0 bridgehead atoms. The second-order valence-electron chi connectivity index (χ2n) is 7.50. The minimum absolute atomic E-state index is 0.153. The largest absolute Gasteiger partial charge is 0.444 e. The Hall–Kier alpha value is -2.90. The Kier molecular flexibility index (Phi) is 4.21. The summed E-state index contributed by atoms with van der Waals surface area (Å²) in [5, 5.41) is 3.14. The zero-order valence-electron chi connectivity index (χ0n) is 14.8. The lowest BCUT2D eigenvalue weighted by Gasteiger charge is -2.23. The zero-order valence-corrected chi connectivity index (χ0v) is 14.8. The molecule has 138 valence electrons. The maximum atomic E-state index is 12.2. The number of ether oxygens (including phenoxy) is 1. The van der Waals surface area contributed by atoms with Gasteiger partial charge in [-0.2, -0.15) is 0 Å². The quantitative estimate of drug-likeness (QED) is 0.826. The van der Waals surface area contributed by atoms with Crippen LogP contribution in [0.2, 0.25) is 0 Å². The zero-order chi connectivity index (χ0) is 19.1. The molecule has 0 spiro atoms. The summed E-state index contributed by atoms with van der Waals surface area (Å²) in [5.41, 5.74) is -1.02. The molecule has 0 unspecified atom stereocenters. The fourth-order valence-electron chi connectivity index (χ4n) is 2.68. The van der Waals surface area contributed by atoms with Gasteiger partial charge in [0.1, 0.15) is 5.60 Å². The number of hydrogen-bond acceptors (Lipinski definition) is 6. The van der Waals surface area contributed by atoms with Crippen molar-refractivity contribution in [1.29, 1.82) is 0 Å². The number of nitrogens with zero attached hydrogens (tertiary/aromatic N) is 1. The normalized spacial score (nSPS) is 17.6. The van der Waals surface area contributed by atoms with Gasteiger partial charge in [-0.25, -0.2) is 9.59 Å². The minimum atomic E-state index is -0.770. The number of nitrogens with one attached hydrogen (secondary N) is 1. The van der Waals surface area contributed by atoms with Crippen molar-refractivity contribution in [2.45, 2.75) is 51.2 Å². The summed E-state index contributed by atoms with van der Waals surface area (Å²) in [6.45, 7) is 5.22. The third kappa shape index (κ3) is 3.68. The molecule has 3 rings (SSSR count). The second kappa shape index (κ2) is 6.12. The first-order valence-corrected chi connectivity index (χ1v) is 8.30. The summed E-state index contributed by atoms with van der Waals surface area (Å²) in [6.07, 6.45) is 0.399. The molecule has 2 aliphatic rings. The summed E-state index contributed by atoms with van der Waals surface area (Å²) in [5.74, 6) is -2.12. The van der Waals surface area contributed by atoms with E-state index in [-0.39, 0.29) is 17.5 Å². The van der Waals surface area contributed by atoms with E-state index < -0.39 is 35.0 Å². The fraction of sp³-hybridized carbons (Fsp3) is 0.444. The molecule has 1 fully saturated rings. The Morgan fingerprint density at radius 2 is 1.65 bits per heavy atom. The fourth-order valence-corrected chi connectivity index (χ4v) is 2.68. The molecule has 3 amide bonds. The molecule has 0 radical (unpaired) electrons. The summed E-state index contributed by atoms with van der Waals surface area (Å²) in [4.78, 5) is 53.5. The van der Waals surface area contributed by atoms with Crippen LogP contribution >= 0.6 is 0 Å². The molecule has 8 nitrogen and oxygen atoms in total. The van der Waals surface area contributed by atoms with Gasteiger partial charge in [-0.15, -0.1) is 0 Å². The lowest BCUT2D eigenvalue weighted by molar-refractivity contribution is -0.169. The summed E-state index contributed by atoms with van der Waals surface area (Å²) in [7, 11) is 0. The van der Waals surface area contributed by atoms with Crippen LogP contribution in [0.3, 0.4) is 0 Å². The molecule has 1 aromatic carbocycles. The second-order valence-corrected chi connectivity index (χ2v) is 7.50. The first-order valence-electron chi connectivity index (χ1n) is 8.30. The molecule has 1 aliphatic heterocycles. The van der Waals surface area contributed by atoms with Crippen molar-refractivity contribution < 1.29 is 28.8 Å². The Balaban J connectivity index is 1.59. The number of imide groups is 1. The summed E-state index contributed by atoms with van der Waals surface area (Å²) in [6, 6.07) is 6.24. The van der Waals surface area contributed by atoms with Crippen LogP contribution in [0, 0.1) is 0 Å². The van der Waals surface area contributed by atoms with Gasteiger partial charge in [-0.05, 0) is 45.7 Å². The number of carbonyl (C=O) groups is 4. The van der Waals surface area contributed by atoms with Crippen LogP contribution in [-0.2, 0) is 14.4 Å². The lowest BCUT2D eigenvalue weighted by atomic mass is 10.1. The minimum Gasteiger partial charge on any atom is -0.444 e. The van der Waals surface area contributed by atoms with Crippen LogP contribution < -0.4 is 5.32 Å². The topological polar surface area (TPSA) is 102 Å². The molecule has 0 atom stereocenters. The number of benzene rings is 1. The van der Waals surface area contributed by atoms with Crippen molar-refractivity contribution in [1.82, 2.24) is 10.4 Å². The van der Waals surface area contributed by atoms with E-state index in [1.165, 1.54) is 12.1 Å². The number of rotatable bonds is 4. The van der Waals surface area contributed by atoms with E-state index in [2.05, 4.69) is 5.32 Å². The lowest BCUT2D eigenvalue weighted by Crippen LogP contribution is -2.43. The molecule has 1 N–H and O–H groups in total. The maximum Gasteiger partial charge on any atom is 0.408 e. The smallest absolute Gasteiger partial charge is 0.408 e. The van der Waals surface area contributed by atoms with Crippen molar-refractivity contribution in [3.8, 4) is 0 Å².